The highest BCUT2D eigenvalue weighted by molar-refractivity contribution is 7.99. The van der Waals surface area contributed by atoms with Gasteiger partial charge in [0.25, 0.3) is 0 Å². The minimum absolute atomic E-state index is 0.0647. The highest BCUT2D eigenvalue weighted by Gasteiger charge is 2.29. The van der Waals surface area contributed by atoms with Crippen molar-refractivity contribution in [1.29, 1.82) is 5.26 Å². The molecule has 0 heterocycles. The number of benzene rings is 1. The molecule has 0 fully saturated rings. The number of ether oxygens (including phenoxy) is 1. The lowest BCUT2D eigenvalue weighted by Gasteiger charge is -2.27. The largest absolute Gasteiger partial charge is 0.497 e. The number of rotatable bonds is 7. The number of carbonyl (C=O) groups is 1. The van der Waals surface area contributed by atoms with Crippen LogP contribution in [0.2, 0.25) is 0 Å². The second-order valence-corrected chi connectivity index (χ2v) is 6.35. The number of nitriles is 1. The molecule has 1 rings (SSSR count). The fraction of sp³-hybridized carbons (Fsp3) is 0.500. The summed E-state index contributed by atoms with van der Waals surface area (Å²) in [6.45, 7) is 5.60. The van der Waals surface area contributed by atoms with E-state index < -0.39 is 5.54 Å². The van der Waals surface area contributed by atoms with Gasteiger partial charge in [0.05, 0.1) is 18.9 Å². The molecule has 0 aromatic heterocycles. The highest BCUT2D eigenvalue weighted by Crippen LogP contribution is 2.19. The van der Waals surface area contributed by atoms with Crippen LogP contribution in [-0.2, 0) is 10.5 Å². The SMILES string of the molecule is COc1cccc(CSCC(=O)N[C@](C)(C#N)C(C)C)c1. The van der Waals surface area contributed by atoms with Crippen LogP contribution < -0.4 is 10.1 Å². The molecule has 1 amide bonds. The summed E-state index contributed by atoms with van der Waals surface area (Å²) in [6.07, 6.45) is 0. The van der Waals surface area contributed by atoms with Crippen molar-refractivity contribution in [3.8, 4) is 11.8 Å². The van der Waals surface area contributed by atoms with Crippen molar-refractivity contribution in [2.45, 2.75) is 32.1 Å². The predicted octanol–water partition coefficient (Wildman–Crippen LogP) is 2.98. The summed E-state index contributed by atoms with van der Waals surface area (Å²) in [5.41, 5.74) is 0.298. The van der Waals surface area contributed by atoms with Gasteiger partial charge >= 0.3 is 0 Å². The van der Waals surface area contributed by atoms with E-state index >= 15 is 0 Å². The van der Waals surface area contributed by atoms with E-state index in [1.165, 1.54) is 11.8 Å². The molecule has 1 N–H and O–H groups in total. The molecule has 0 unspecified atom stereocenters. The molecule has 1 aromatic rings. The van der Waals surface area contributed by atoms with Gasteiger partial charge in [-0.05, 0) is 30.5 Å². The van der Waals surface area contributed by atoms with Gasteiger partial charge in [-0.2, -0.15) is 5.26 Å². The molecule has 1 atom stereocenters. The van der Waals surface area contributed by atoms with E-state index in [4.69, 9.17) is 4.74 Å². The first-order valence-corrected chi connectivity index (χ1v) is 7.99. The van der Waals surface area contributed by atoms with Crippen LogP contribution in [0, 0.1) is 17.2 Å². The third-order valence-electron chi connectivity index (χ3n) is 3.42. The molecule has 21 heavy (non-hydrogen) atoms. The highest BCUT2D eigenvalue weighted by atomic mass is 32.2. The van der Waals surface area contributed by atoms with Crippen molar-refractivity contribution >= 4 is 17.7 Å². The van der Waals surface area contributed by atoms with Crippen LogP contribution in [0.5, 0.6) is 5.75 Å². The molecule has 0 spiro atoms. The Balaban J connectivity index is 2.45. The summed E-state index contributed by atoms with van der Waals surface area (Å²) >= 11 is 1.52. The first-order chi connectivity index (χ1) is 9.91. The van der Waals surface area contributed by atoms with E-state index in [0.717, 1.165) is 17.1 Å². The fourth-order valence-electron chi connectivity index (χ4n) is 1.65. The van der Waals surface area contributed by atoms with E-state index in [0.29, 0.717) is 5.75 Å². The number of nitrogens with one attached hydrogen (secondary N) is 1. The zero-order valence-corrected chi connectivity index (χ0v) is 13.8. The second kappa shape index (κ2) is 7.94. The summed E-state index contributed by atoms with van der Waals surface area (Å²) in [5, 5.41) is 12.0. The average Bonchev–Trinajstić information content (AvgIpc) is 2.47. The number of thioether (sulfide) groups is 1. The smallest absolute Gasteiger partial charge is 0.231 e. The maximum atomic E-state index is 11.9. The van der Waals surface area contributed by atoms with Gasteiger partial charge in [0.1, 0.15) is 11.3 Å². The van der Waals surface area contributed by atoms with E-state index in [9.17, 15) is 10.1 Å². The van der Waals surface area contributed by atoms with Gasteiger partial charge in [0.2, 0.25) is 5.91 Å². The Hall–Kier alpha value is -1.67. The molecular weight excluding hydrogens is 284 g/mol. The van der Waals surface area contributed by atoms with Crippen LogP contribution in [0.25, 0.3) is 0 Å². The van der Waals surface area contributed by atoms with Crippen LogP contribution in [0.15, 0.2) is 24.3 Å². The standard InChI is InChI=1S/C16H22N2O2S/c1-12(2)16(3,11-17)18-15(19)10-21-9-13-6-5-7-14(8-13)20-4/h5-8,12H,9-10H2,1-4H3,(H,18,19)/t16-/m1/s1. The Labute approximate surface area is 130 Å². The van der Waals surface area contributed by atoms with Crippen molar-refractivity contribution in [2.24, 2.45) is 5.92 Å². The minimum atomic E-state index is -0.812. The monoisotopic (exact) mass is 306 g/mol. The summed E-state index contributed by atoms with van der Waals surface area (Å²) in [6, 6.07) is 9.95. The molecule has 5 heteroatoms. The normalized spacial score (nSPS) is 13.3. The van der Waals surface area contributed by atoms with Crippen LogP contribution >= 0.6 is 11.8 Å². The van der Waals surface area contributed by atoms with Gasteiger partial charge in [-0.1, -0.05) is 26.0 Å². The first kappa shape index (κ1) is 17.4. The average molecular weight is 306 g/mol. The molecule has 0 aliphatic carbocycles. The number of carbonyl (C=O) groups excluding carboxylic acids is 1. The van der Waals surface area contributed by atoms with Gasteiger partial charge < -0.3 is 10.1 Å². The Morgan fingerprint density at radius 3 is 2.81 bits per heavy atom. The zero-order chi connectivity index (χ0) is 15.9. The van der Waals surface area contributed by atoms with Crippen LogP contribution in [0.3, 0.4) is 0 Å². The van der Waals surface area contributed by atoms with E-state index in [-0.39, 0.29) is 11.8 Å². The lowest BCUT2D eigenvalue weighted by Crippen LogP contribution is -2.49. The lowest BCUT2D eigenvalue weighted by molar-refractivity contribution is -0.120. The van der Waals surface area contributed by atoms with Gasteiger partial charge in [0, 0.05) is 5.75 Å². The molecule has 1 aromatic carbocycles. The number of hydrogen-bond acceptors (Lipinski definition) is 4. The van der Waals surface area contributed by atoms with E-state index in [1.54, 1.807) is 14.0 Å². The van der Waals surface area contributed by atoms with E-state index in [2.05, 4.69) is 11.4 Å². The topological polar surface area (TPSA) is 62.1 Å². The van der Waals surface area contributed by atoms with Crippen molar-refractivity contribution in [2.75, 3.05) is 12.9 Å². The number of amides is 1. The van der Waals surface area contributed by atoms with Crippen molar-refractivity contribution < 1.29 is 9.53 Å². The molecule has 0 saturated heterocycles. The van der Waals surface area contributed by atoms with E-state index in [1.807, 2.05) is 38.1 Å². The summed E-state index contributed by atoms with van der Waals surface area (Å²) < 4.78 is 5.16. The summed E-state index contributed by atoms with van der Waals surface area (Å²) in [7, 11) is 1.63. The zero-order valence-electron chi connectivity index (χ0n) is 13.0. The van der Waals surface area contributed by atoms with Crippen molar-refractivity contribution in [1.82, 2.24) is 5.32 Å². The van der Waals surface area contributed by atoms with Crippen LogP contribution in [-0.4, -0.2) is 24.3 Å². The maximum Gasteiger partial charge on any atom is 0.231 e. The Kier molecular flexibility index (Phi) is 6.57. The second-order valence-electron chi connectivity index (χ2n) is 5.36. The number of hydrogen-bond donors (Lipinski definition) is 1. The molecule has 0 aliphatic rings. The Morgan fingerprint density at radius 1 is 1.52 bits per heavy atom. The molecule has 0 aliphatic heterocycles. The summed E-state index contributed by atoms with van der Waals surface area (Å²) in [5.74, 6) is 1.83. The minimum Gasteiger partial charge on any atom is -0.497 e. The van der Waals surface area contributed by atoms with Gasteiger partial charge in [-0.15, -0.1) is 11.8 Å². The molecule has 0 saturated carbocycles. The number of nitrogens with zero attached hydrogens (tertiary/aromatic N) is 1. The lowest BCUT2D eigenvalue weighted by atomic mass is 9.90. The van der Waals surface area contributed by atoms with Crippen molar-refractivity contribution in [3.05, 3.63) is 29.8 Å². The third kappa shape index (κ3) is 5.31. The van der Waals surface area contributed by atoms with Gasteiger partial charge in [0.15, 0.2) is 0 Å². The van der Waals surface area contributed by atoms with Gasteiger partial charge in [-0.25, -0.2) is 0 Å². The number of methoxy groups -OCH3 is 1. The molecule has 0 bridgehead atoms. The third-order valence-corrected chi connectivity index (χ3v) is 4.43. The first-order valence-electron chi connectivity index (χ1n) is 6.84. The molecular formula is C16H22N2O2S. The molecule has 114 valence electrons. The molecule has 4 nitrogen and oxygen atoms in total. The van der Waals surface area contributed by atoms with Crippen LogP contribution in [0.4, 0.5) is 0 Å². The fourth-order valence-corrected chi connectivity index (χ4v) is 2.43. The van der Waals surface area contributed by atoms with Crippen molar-refractivity contribution in [3.63, 3.8) is 0 Å². The molecule has 0 radical (unpaired) electrons. The Bertz CT molecular complexity index is 525. The van der Waals surface area contributed by atoms with Crippen LogP contribution in [0.1, 0.15) is 26.3 Å². The van der Waals surface area contributed by atoms with Gasteiger partial charge in [-0.3, -0.25) is 4.79 Å². The predicted molar refractivity (Wildman–Crippen MR) is 86.2 cm³/mol. The quantitative estimate of drug-likeness (QED) is 0.841. The summed E-state index contributed by atoms with van der Waals surface area (Å²) in [4.78, 5) is 11.9. The Morgan fingerprint density at radius 2 is 2.24 bits per heavy atom. The maximum absolute atomic E-state index is 11.9.